The van der Waals surface area contributed by atoms with E-state index < -0.39 is 5.97 Å². The van der Waals surface area contributed by atoms with Gasteiger partial charge in [0.05, 0.1) is 49.4 Å². The zero-order valence-corrected chi connectivity index (χ0v) is 17.7. The number of anilines is 1. The Morgan fingerprint density at radius 3 is 2.40 bits per heavy atom. The fourth-order valence-corrected chi connectivity index (χ4v) is 4.30. The van der Waals surface area contributed by atoms with E-state index in [1.54, 1.807) is 66.9 Å². The molecule has 3 aromatic rings. The average Bonchev–Trinajstić information content (AvgIpc) is 3.32. The van der Waals surface area contributed by atoms with Crippen LogP contribution in [0.5, 0.6) is 11.5 Å². The lowest BCUT2D eigenvalue weighted by molar-refractivity contribution is 0.0601. The van der Waals surface area contributed by atoms with Crippen molar-refractivity contribution in [2.24, 2.45) is 0 Å². The number of esters is 1. The molecular weight excluding hydrogens is 406 g/mol. The number of hydrogen-bond donors (Lipinski definition) is 0. The van der Waals surface area contributed by atoms with Gasteiger partial charge in [0.1, 0.15) is 11.5 Å². The minimum Gasteiger partial charge on any atom is -0.497 e. The molecule has 0 spiro atoms. The van der Waals surface area contributed by atoms with Gasteiger partial charge in [-0.25, -0.2) is 14.3 Å². The third kappa shape index (κ3) is 3.56. The second-order valence-electron chi connectivity index (χ2n) is 6.65. The van der Waals surface area contributed by atoms with Crippen molar-refractivity contribution >= 4 is 34.6 Å². The number of thioether (sulfide) groups is 1. The molecule has 0 bridgehead atoms. The Labute approximate surface area is 177 Å². The van der Waals surface area contributed by atoms with Crippen molar-refractivity contribution in [3.05, 3.63) is 52.3 Å². The number of hydrogen-bond acceptors (Lipinski definition) is 8. The van der Waals surface area contributed by atoms with E-state index in [2.05, 4.69) is 0 Å². The predicted molar refractivity (Wildman–Crippen MR) is 116 cm³/mol. The van der Waals surface area contributed by atoms with Crippen LogP contribution in [0.1, 0.15) is 10.4 Å². The first-order chi connectivity index (χ1) is 14.5. The number of ether oxygens (including phenoxy) is 3. The van der Waals surface area contributed by atoms with Crippen molar-refractivity contribution in [3.63, 3.8) is 0 Å². The van der Waals surface area contributed by atoms with Gasteiger partial charge in [0.25, 0.3) is 5.56 Å². The van der Waals surface area contributed by atoms with Crippen LogP contribution in [-0.2, 0) is 4.74 Å². The topological polar surface area (TPSA) is 82.9 Å². The maximum absolute atomic E-state index is 13.5. The third-order valence-electron chi connectivity index (χ3n) is 4.90. The SMILES string of the molecule is COC(=O)c1ccc2c(=O)n(-c3cc(OC)cc(OC)c3)c(N3CCSC3)nc2c1. The Hall–Kier alpha value is -3.20. The van der Waals surface area contributed by atoms with Crippen LogP contribution in [-0.4, -0.2) is 55.0 Å². The highest BCUT2D eigenvalue weighted by molar-refractivity contribution is 7.99. The Kier molecular flexibility index (Phi) is 5.54. The molecule has 4 rings (SSSR count). The average molecular weight is 427 g/mol. The van der Waals surface area contributed by atoms with Crippen LogP contribution in [0.25, 0.3) is 16.6 Å². The monoisotopic (exact) mass is 427 g/mol. The summed E-state index contributed by atoms with van der Waals surface area (Å²) in [6, 6.07) is 10.1. The summed E-state index contributed by atoms with van der Waals surface area (Å²) in [5, 5.41) is 0.403. The van der Waals surface area contributed by atoms with E-state index in [9.17, 15) is 9.59 Å². The van der Waals surface area contributed by atoms with E-state index in [0.717, 1.165) is 18.2 Å². The number of fused-ring (bicyclic) bond motifs is 1. The first kappa shape index (κ1) is 20.1. The first-order valence-corrected chi connectivity index (χ1v) is 10.4. The summed E-state index contributed by atoms with van der Waals surface area (Å²) in [5.41, 5.74) is 1.15. The van der Waals surface area contributed by atoms with Gasteiger partial charge in [0, 0.05) is 30.5 Å². The van der Waals surface area contributed by atoms with Gasteiger partial charge in [-0.3, -0.25) is 4.79 Å². The molecule has 1 aromatic heterocycles. The molecule has 30 heavy (non-hydrogen) atoms. The molecule has 9 heteroatoms. The van der Waals surface area contributed by atoms with E-state index >= 15 is 0 Å². The predicted octanol–water partition coefficient (Wildman–Crippen LogP) is 2.70. The van der Waals surface area contributed by atoms with Gasteiger partial charge in [0.15, 0.2) is 0 Å². The van der Waals surface area contributed by atoms with Crippen LogP contribution in [0.15, 0.2) is 41.2 Å². The molecule has 2 heterocycles. The Balaban J connectivity index is 2.00. The van der Waals surface area contributed by atoms with Gasteiger partial charge in [-0.1, -0.05) is 0 Å². The van der Waals surface area contributed by atoms with E-state index in [1.165, 1.54) is 7.11 Å². The summed E-state index contributed by atoms with van der Waals surface area (Å²) < 4.78 is 17.1. The molecule has 0 amide bonds. The minimum atomic E-state index is -0.473. The highest BCUT2D eigenvalue weighted by atomic mass is 32.2. The van der Waals surface area contributed by atoms with Crippen LogP contribution >= 0.6 is 11.8 Å². The number of carbonyl (C=O) groups is 1. The van der Waals surface area contributed by atoms with Crippen LogP contribution in [0, 0.1) is 0 Å². The molecule has 0 atom stereocenters. The van der Waals surface area contributed by atoms with Gasteiger partial charge >= 0.3 is 5.97 Å². The fraction of sp³-hybridized carbons (Fsp3) is 0.286. The quantitative estimate of drug-likeness (QED) is 0.575. The number of rotatable bonds is 5. The van der Waals surface area contributed by atoms with E-state index in [0.29, 0.717) is 39.6 Å². The highest BCUT2D eigenvalue weighted by Crippen LogP contribution is 2.29. The summed E-state index contributed by atoms with van der Waals surface area (Å²) in [6.07, 6.45) is 0. The van der Waals surface area contributed by atoms with Crippen molar-refractivity contribution in [2.75, 3.05) is 44.4 Å². The Morgan fingerprint density at radius 1 is 1.07 bits per heavy atom. The summed E-state index contributed by atoms with van der Waals surface area (Å²) in [7, 11) is 4.44. The van der Waals surface area contributed by atoms with Crippen molar-refractivity contribution in [1.82, 2.24) is 9.55 Å². The van der Waals surface area contributed by atoms with Gasteiger partial charge in [-0.2, -0.15) is 0 Å². The van der Waals surface area contributed by atoms with E-state index in [4.69, 9.17) is 19.2 Å². The lowest BCUT2D eigenvalue weighted by atomic mass is 10.1. The summed E-state index contributed by atoms with van der Waals surface area (Å²) in [5.74, 6) is 2.83. The second-order valence-corrected chi connectivity index (χ2v) is 7.72. The molecule has 1 saturated heterocycles. The summed E-state index contributed by atoms with van der Waals surface area (Å²) >= 11 is 1.77. The molecule has 0 unspecified atom stereocenters. The smallest absolute Gasteiger partial charge is 0.337 e. The Morgan fingerprint density at radius 2 is 1.80 bits per heavy atom. The largest absolute Gasteiger partial charge is 0.497 e. The fourth-order valence-electron chi connectivity index (χ4n) is 3.36. The second kappa shape index (κ2) is 8.27. The van der Waals surface area contributed by atoms with Crippen molar-refractivity contribution in [2.45, 2.75) is 0 Å². The lowest BCUT2D eigenvalue weighted by Crippen LogP contribution is -2.30. The van der Waals surface area contributed by atoms with Gasteiger partial charge in [-0.05, 0) is 18.2 Å². The first-order valence-electron chi connectivity index (χ1n) is 9.27. The molecule has 1 fully saturated rings. The molecule has 0 aliphatic carbocycles. The minimum absolute atomic E-state index is 0.237. The standard InChI is InChI=1S/C21H21N3O5S/c1-27-15-9-14(10-16(11-15)28-2)24-19(25)17-5-4-13(20(26)29-3)8-18(17)22-21(24)23-6-7-30-12-23/h4-5,8-11H,6-7,12H2,1-3H3. The van der Waals surface area contributed by atoms with E-state index in [1.807, 2.05) is 4.90 Å². The van der Waals surface area contributed by atoms with Crippen LogP contribution < -0.4 is 19.9 Å². The van der Waals surface area contributed by atoms with E-state index in [-0.39, 0.29) is 5.56 Å². The molecule has 1 aliphatic heterocycles. The van der Waals surface area contributed by atoms with Crippen LogP contribution in [0.4, 0.5) is 5.95 Å². The number of nitrogens with zero attached hydrogens (tertiary/aromatic N) is 3. The van der Waals surface area contributed by atoms with Crippen molar-refractivity contribution < 1.29 is 19.0 Å². The van der Waals surface area contributed by atoms with Crippen molar-refractivity contribution in [3.8, 4) is 17.2 Å². The number of aromatic nitrogens is 2. The molecule has 1 aliphatic rings. The zero-order chi connectivity index (χ0) is 21.3. The molecule has 0 saturated carbocycles. The number of methoxy groups -OCH3 is 3. The molecule has 2 aromatic carbocycles. The van der Waals surface area contributed by atoms with Gasteiger partial charge in [0.2, 0.25) is 5.95 Å². The van der Waals surface area contributed by atoms with Gasteiger partial charge in [-0.15, -0.1) is 11.8 Å². The lowest BCUT2D eigenvalue weighted by Gasteiger charge is -2.22. The molecule has 156 valence electrons. The molecule has 0 radical (unpaired) electrons. The molecular formula is C21H21N3O5S. The summed E-state index contributed by atoms with van der Waals surface area (Å²) in [4.78, 5) is 32.3. The van der Waals surface area contributed by atoms with Crippen molar-refractivity contribution in [1.29, 1.82) is 0 Å². The molecule has 0 N–H and O–H groups in total. The Bertz CT molecular complexity index is 1150. The maximum atomic E-state index is 13.5. The summed E-state index contributed by atoms with van der Waals surface area (Å²) in [6.45, 7) is 0.764. The number of benzene rings is 2. The molecule has 8 nitrogen and oxygen atoms in total. The maximum Gasteiger partial charge on any atom is 0.337 e. The highest BCUT2D eigenvalue weighted by Gasteiger charge is 2.23. The van der Waals surface area contributed by atoms with Crippen LogP contribution in [0.3, 0.4) is 0 Å². The van der Waals surface area contributed by atoms with Crippen LogP contribution in [0.2, 0.25) is 0 Å². The number of carbonyl (C=O) groups excluding carboxylic acids is 1. The third-order valence-corrected chi connectivity index (χ3v) is 5.87. The zero-order valence-electron chi connectivity index (χ0n) is 16.9. The normalized spacial score (nSPS) is 13.5. The van der Waals surface area contributed by atoms with Gasteiger partial charge < -0.3 is 19.1 Å².